The number of ether oxygens (including phenoxy) is 1. The van der Waals surface area contributed by atoms with Gasteiger partial charge in [0.2, 0.25) is 0 Å². The van der Waals surface area contributed by atoms with Crippen LogP contribution in [0.2, 0.25) is 0 Å². The van der Waals surface area contributed by atoms with Crippen LogP contribution >= 0.6 is 0 Å². The molecule has 0 bridgehead atoms. The van der Waals surface area contributed by atoms with Crippen molar-refractivity contribution in [1.82, 2.24) is 19.9 Å². The molecule has 204 valence electrons. The molecule has 0 saturated carbocycles. The average molecular weight is 554 g/mol. The molecular weight excluding hydrogens is 524 g/mol. The molecule has 1 aromatic carbocycles. The Balaban J connectivity index is 1.61. The molecular formula is C27H29F2N7O2S. The number of nitrogen functional groups attached to an aromatic ring is 1. The molecule has 39 heavy (non-hydrogen) atoms. The van der Waals surface area contributed by atoms with E-state index in [4.69, 9.17) is 25.4 Å². The Morgan fingerprint density at radius 2 is 2.05 bits per heavy atom. The molecule has 0 aliphatic carbocycles. The Morgan fingerprint density at radius 3 is 2.82 bits per heavy atom. The van der Waals surface area contributed by atoms with Gasteiger partial charge < -0.3 is 19.9 Å². The quantitative estimate of drug-likeness (QED) is 0.305. The monoisotopic (exact) mass is 553 g/mol. The number of nitrogens with zero attached hydrogens (tertiary/aromatic N) is 5. The van der Waals surface area contributed by atoms with Crippen LogP contribution in [0.25, 0.3) is 33.7 Å². The number of rotatable bonds is 8. The van der Waals surface area contributed by atoms with Gasteiger partial charge in [-0.15, -0.1) is 0 Å². The number of aryl methyl sites for hydroxylation is 1. The van der Waals surface area contributed by atoms with Crippen molar-refractivity contribution < 1.29 is 18.1 Å². The number of aromatic nitrogens is 4. The summed E-state index contributed by atoms with van der Waals surface area (Å²) in [6, 6.07) is 10.0. The van der Waals surface area contributed by atoms with E-state index >= 15 is 4.39 Å². The summed E-state index contributed by atoms with van der Waals surface area (Å²) < 4.78 is 48.5. The first-order valence-electron chi connectivity index (χ1n) is 12.6. The Bertz CT molecular complexity index is 1490. The van der Waals surface area contributed by atoms with Crippen molar-refractivity contribution in [3.8, 4) is 22.6 Å². The first kappa shape index (κ1) is 27.0. The molecule has 1 aliphatic heterocycles. The summed E-state index contributed by atoms with van der Waals surface area (Å²) in [6.07, 6.45) is 1.79. The Labute approximate surface area is 228 Å². The number of hydrogen-bond donors (Lipinski definition) is 2. The zero-order valence-corrected chi connectivity index (χ0v) is 22.5. The third-order valence-corrected chi connectivity index (χ3v) is 7.61. The number of pyridine rings is 2. The minimum atomic E-state index is -1.61. The van der Waals surface area contributed by atoms with E-state index in [2.05, 4.69) is 14.6 Å². The van der Waals surface area contributed by atoms with E-state index < -0.39 is 23.9 Å². The largest absolute Gasteiger partial charge is 0.593 e. The van der Waals surface area contributed by atoms with E-state index in [9.17, 15) is 8.94 Å². The van der Waals surface area contributed by atoms with Gasteiger partial charge in [-0.2, -0.15) is 0 Å². The number of benzene rings is 1. The van der Waals surface area contributed by atoms with Crippen molar-refractivity contribution >= 4 is 39.7 Å². The highest BCUT2D eigenvalue weighted by Crippen LogP contribution is 2.33. The van der Waals surface area contributed by atoms with Gasteiger partial charge in [0.05, 0.1) is 48.5 Å². The lowest BCUT2D eigenvalue weighted by Gasteiger charge is -2.34. The van der Waals surface area contributed by atoms with Crippen molar-refractivity contribution in [2.45, 2.75) is 26.3 Å². The Morgan fingerprint density at radius 1 is 1.21 bits per heavy atom. The molecule has 1 aliphatic rings. The average Bonchev–Trinajstić information content (AvgIpc) is 2.92. The lowest BCUT2D eigenvalue weighted by Crippen LogP contribution is -2.44. The molecule has 9 nitrogen and oxygen atoms in total. The van der Waals surface area contributed by atoms with E-state index in [1.807, 2.05) is 13.8 Å². The van der Waals surface area contributed by atoms with Crippen LogP contribution in [-0.2, 0) is 16.1 Å². The summed E-state index contributed by atoms with van der Waals surface area (Å²) in [4.78, 5) is 20.9. The van der Waals surface area contributed by atoms with E-state index in [0.29, 0.717) is 53.9 Å². The summed E-state index contributed by atoms with van der Waals surface area (Å²) in [5.74, 6) is 1.00. The molecule has 4 aromatic rings. The van der Waals surface area contributed by atoms with Gasteiger partial charge in [0.25, 0.3) is 0 Å². The van der Waals surface area contributed by atoms with Gasteiger partial charge in [-0.1, -0.05) is 6.07 Å². The highest BCUT2D eigenvalue weighted by molar-refractivity contribution is 7.92. The van der Waals surface area contributed by atoms with Crippen molar-refractivity contribution in [3.63, 3.8) is 0 Å². The first-order valence-corrected chi connectivity index (χ1v) is 13.9. The Hall–Kier alpha value is -3.61. The predicted octanol–water partition coefficient (Wildman–Crippen LogP) is 4.44. The van der Waals surface area contributed by atoms with Gasteiger partial charge in [-0.3, -0.25) is 4.39 Å². The van der Waals surface area contributed by atoms with E-state index in [-0.39, 0.29) is 29.5 Å². The van der Waals surface area contributed by atoms with Crippen molar-refractivity contribution in [1.29, 1.82) is 0 Å². The number of morpholine rings is 1. The van der Waals surface area contributed by atoms with Crippen molar-refractivity contribution in [2.24, 2.45) is 0 Å². The van der Waals surface area contributed by atoms with Crippen LogP contribution in [0.15, 0.2) is 42.6 Å². The van der Waals surface area contributed by atoms with Crippen LogP contribution in [0.3, 0.4) is 0 Å². The summed E-state index contributed by atoms with van der Waals surface area (Å²) in [5.41, 5.74) is 9.28. The molecule has 2 unspecified atom stereocenters. The van der Waals surface area contributed by atoms with Crippen LogP contribution in [0.5, 0.6) is 0 Å². The third kappa shape index (κ3) is 5.72. The number of halogens is 2. The molecule has 5 rings (SSSR count). The van der Waals surface area contributed by atoms with Gasteiger partial charge in [-0.25, -0.2) is 29.0 Å². The summed E-state index contributed by atoms with van der Waals surface area (Å²) in [6.45, 7) is 5.06. The minimum absolute atomic E-state index is 0.0318. The number of fused-ring (bicyclic) bond motifs is 1. The standard InChI is InChI=1S/C27H29F2N7O2S/c1-16-13-23(30)31-14-19(16)26-33-22-8-7-20(32-25(22)27(34-26)36-10-11-38-15-17(36)2)18-5-3-6-21(24(18)29)35-39(37)12-4-9-28/h3,5-8,13-14,17,35H,4,9-12,15H2,1-2H3,(H2,30,31). The first-order chi connectivity index (χ1) is 18.9. The molecule has 3 aromatic heterocycles. The van der Waals surface area contributed by atoms with Gasteiger partial charge >= 0.3 is 0 Å². The van der Waals surface area contributed by atoms with Crippen LogP contribution in [0, 0.1) is 12.7 Å². The number of anilines is 3. The Kier molecular flexibility index (Phi) is 8.05. The van der Waals surface area contributed by atoms with Gasteiger partial charge in [0, 0.05) is 30.3 Å². The zero-order chi connectivity index (χ0) is 27.5. The summed E-state index contributed by atoms with van der Waals surface area (Å²) in [7, 11) is 0. The number of nitrogens with two attached hydrogens (primary N) is 1. The molecule has 2 atom stereocenters. The maximum Gasteiger partial charge on any atom is 0.164 e. The van der Waals surface area contributed by atoms with E-state index in [1.165, 1.54) is 6.07 Å². The van der Waals surface area contributed by atoms with Crippen LogP contribution in [0.1, 0.15) is 18.9 Å². The molecule has 0 amide bonds. The molecule has 3 N–H and O–H groups in total. The second-order valence-electron chi connectivity index (χ2n) is 9.34. The van der Waals surface area contributed by atoms with E-state index in [0.717, 1.165) is 11.1 Å². The van der Waals surface area contributed by atoms with Crippen molar-refractivity contribution in [3.05, 3.63) is 54.0 Å². The predicted molar refractivity (Wildman–Crippen MR) is 150 cm³/mol. The lowest BCUT2D eigenvalue weighted by molar-refractivity contribution is 0.0987. The topological polar surface area (TPSA) is 125 Å². The fourth-order valence-electron chi connectivity index (χ4n) is 4.49. The fourth-order valence-corrected chi connectivity index (χ4v) is 5.37. The van der Waals surface area contributed by atoms with Gasteiger partial charge in [0.15, 0.2) is 17.5 Å². The molecule has 0 spiro atoms. The minimum Gasteiger partial charge on any atom is -0.593 e. The van der Waals surface area contributed by atoms with Gasteiger partial charge in [-0.05, 0) is 49.7 Å². The van der Waals surface area contributed by atoms with Gasteiger partial charge in [0.1, 0.15) is 22.8 Å². The van der Waals surface area contributed by atoms with Crippen molar-refractivity contribution in [2.75, 3.05) is 47.5 Å². The molecule has 4 heterocycles. The SMILES string of the molecule is Cc1cc(N)ncc1-c1nc(N2CCOCC2C)c2nc(-c3cccc(N[S+]([O-])CCCF)c3F)ccc2n1. The van der Waals surface area contributed by atoms with Crippen LogP contribution < -0.4 is 15.4 Å². The van der Waals surface area contributed by atoms with Crippen LogP contribution in [-0.4, -0.2) is 62.7 Å². The normalized spacial score (nSPS) is 16.4. The molecule has 1 fully saturated rings. The summed E-state index contributed by atoms with van der Waals surface area (Å²) in [5, 5.41) is 0. The summed E-state index contributed by atoms with van der Waals surface area (Å²) >= 11 is -1.61. The maximum atomic E-state index is 15.5. The molecule has 0 radical (unpaired) electrons. The highest BCUT2D eigenvalue weighted by atomic mass is 32.2. The zero-order valence-electron chi connectivity index (χ0n) is 21.7. The van der Waals surface area contributed by atoms with E-state index in [1.54, 1.807) is 36.5 Å². The molecule has 12 heteroatoms. The third-order valence-electron chi connectivity index (χ3n) is 6.50. The highest BCUT2D eigenvalue weighted by Gasteiger charge is 2.25. The number of nitrogens with one attached hydrogen (secondary N) is 1. The maximum absolute atomic E-state index is 15.5. The smallest absolute Gasteiger partial charge is 0.164 e. The lowest BCUT2D eigenvalue weighted by atomic mass is 10.1. The number of hydrogen-bond acceptors (Lipinski definition) is 9. The molecule has 1 saturated heterocycles. The second kappa shape index (κ2) is 11.6. The number of alkyl halides is 1. The van der Waals surface area contributed by atoms with Crippen LogP contribution in [0.4, 0.5) is 26.1 Å². The second-order valence-corrected chi connectivity index (χ2v) is 10.6. The fraction of sp³-hybridized carbons (Fsp3) is 0.333.